The fourth-order valence-electron chi connectivity index (χ4n) is 3.84. The first-order chi connectivity index (χ1) is 15.7. The van der Waals surface area contributed by atoms with Crippen LogP contribution in [0.25, 0.3) is 0 Å². The van der Waals surface area contributed by atoms with Gasteiger partial charge in [0.2, 0.25) is 0 Å². The van der Waals surface area contributed by atoms with E-state index < -0.39 is 17.9 Å². The summed E-state index contributed by atoms with van der Waals surface area (Å²) in [6.07, 6.45) is 0. The maximum absolute atomic E-state index is 13.2. The Bertz CT molecular complexity index is 1250. The van der Waals surface area contributed by atoms with E-state index in [-0.39, 0.29) is 22.7 Å². The minimum Gasteiger partial charge on any atom is -0.466 e. The van der Waals surface area contributed by atoms with Gasteiger partial charge in [-0.1, -0.05) is 46.3 Å². The molecule has 0 aromatic heterocycles. The minimum atomic E-state index is -0.912. The zero-order chi connectivity index (χ0) is 24.4. The van der Waals surface area contributed by atoms with Crippen LogP contribution in [-0.2, 0) is 19.1 Å². The summed E-state index contributed by atoms with van der Waals surface area (Å²) in [7, 11) is 2.43. The summed E-state index contributed by atoms with van der Waals surface area (Å²) in [4.78, 5) is 27.7. The second kappa shape index (κ2) is 9.81. The molecule has 1 atom stereocenters. The minimum absolute atomic E-state index is 0.0185. The van der Waals surface area contributed by atoms with Gasteiger partial charge in [-0.15, -0.1) is 0 Å². The third kappa shape index (κ3) is 4.16. The normalized spacial score (nSPS) is 15.9. The molecule has 0 spiro atoms. The molecule has 0 fully saturated rings. The van der Waals surface area contributed by atoms with Gasteiger partial charge >= 0.3 is 11.9 Å². The van der Waals surface area contributed by atoms with Crippen molar-refractivity contribution in [1.82, 2.24) is 0 Å². The molecule has 0 saturated heterocycles. The standard InChI is InChI=1S/C24H21Br2N3O4/c1-12-13(2)20(17(26)10-16(12)25)29-21(24(31)33-4)19(23(30)32-3)18(15(11-27)22(29)28)14-8-6-5-7-9-14/h5-10,18H,28H2,1-4H3. The van der Waals surface area contributed by atoms with E-state index in [2.05, 4.69) is 37.9 Å². The molecule has 0 aliphatic carbocycles. The molecular weight excluding hydrogens is 554 g/mol. The Labute approximate surface area is 208 Å². The first-order valence-corrected chi connectivity index (χ1v) is 11.4. The predicted octanol–water partition coefficient (Wildman–Crippen LogP) is 4.73. The number of nitrogens with zero attached hydrogens (tertiary/aromatic N) is 2. The molecule has 1 heterocycles. The maximum Gasteiger partial charge on any atom is 0.355 e. The summed E-state index contributed by atoms with van der Waals surface area (Å²) in [6.45, 7) is 3.76. The van der Waals surface area contributed by atoms with E-state index in [1.807, 2.05) is 26.0 Å². The Hall–Kier alpha value is -3.09. The van der Waals surface area contributed by atoms with Crippen molar-refractivity contribution in [2.75, 3.05) is 19.1 Å². The lowest BCUT2D eigenvalue weighted by Gasteiger charge is -2.37. The number of esters is 2. The molecule has 0 saturated carbocycles. The highest BCUT2D eigenvalue weighted by atomic mass is 79.9. The molecular formula is C24H21Br2N3O4. The van der Waals surface area contributed by atoms with Crippen LogP contribution in [0.3, 0.4) is 0 Å². The summed E-state index contributed by atoms with van der Waals surface area (Å²) in [5.74, 6) is -2.45. The van der Waals surface area contributed by atoms with E-state index in [1.165, 1.54) is 19.1 Å². The lowest BCUT2D eigenvalue weighted by molar-refractivity contribution is -0.139. The molecule has 0 amide bonds. The average Bonchev–Trinajstić information content (AvgIpc) is 2.82. The Morgan fingerprint density at radius 3 is 2.18 bits per heavy atom. The lowest BCUT2D eigenvalue weighted by Crippen LogP contribution is -2.41. The first kappa shape index (κ1) is 24.6. The predicted molar refractivity (Wildman–Crippen MR) is 131 cm³/mol. The van der Waals surface area contributed by atoms with Crippen LogP contribution in [-0.4, -0.2) is 26.2 Å². The van der Waals surface area contributed by atoms with Crippen molar-refractivity contribution in [3.63, 3.8) is 0 Å². The number of methoxy groups -OCH3 is 2. The van der Waals surface area contributed by atoms with Crippen molar-refractivity contribution in [3.8, 4) is 6.07 Å². The van der Waals surface area contributed by atoms with Crippen LogP contribution >= 0.6 is 31.9 Å². The van der Waals surface area contributed by atoms with Crippen molar-refractivity contribution in [1.29, 1.82) is 5.26 Å². The third-order valence-electron chi connectivity index (χ3n) is 5.59. The van der Waals surface area contributed by atoms with Crippen LogP contribution in [0.2, 0.25) is 0 Å². The molecule has 0 radical (unpaired) electrons. The van der Waals surface area contributed by atoms with Crippen molar-refractivity contribution < 1.29 is 19.1 Å². The molecule has 1 aliphatic rings. The van der Waals surface area contributed by atoms with Gasteiger partial charge in [0.05, 0.1) is 43.0 Å². The van der Waals surface area contributed by atoms with Gasteiger partial charge in [0.25, 0.3) is 0 Å². The van der Waals surface area contributed by atoms with Gasteiger partial charge in [-0.25, -0.2) is 9.59 Å². The molecule has 0 bridgehead atoms. The number of carbonyl (C=O) groups excluding carboxylic acids is 2. The highest BCUT2D eigenvalue weighted by molar-refractivity contribution is 9.11. The number of hydrogen-bond donors (Lipinski definition) is 1. The topological polar surface area (TPSA) is 106 Å². The van der Waals surface area contributed by atoms with Crippen LogP contribution in [0.15, 0.2) is 68.0 Å². The van der Waals surface area contributed by atoms with E-state index in [0.717, 1.165) is 15.6 Å². The van der Waals surface area contributed by atoms with Crippen molar-refractivity contribution in [3.05, 3.63) is 84.7 Å². The molecule has 7 nitrogen and oxygen atoms in total. The molecule has 3 rings (SSSR count). The number of hydrogen-bond acceptors (Lipinski definition) is 7. The Kier molecular flexibility index (Phi) is 7.30. The summed E-state index contributed by atoms with van der Waals surface area (Å²) in [5.41, 5.74) is 9.33. The van der Waals surface area contributed by atoms with E-state index in [9.17, 15) is 14.9 Å². The lowest BCUT2D eigenvalue weighted by atomic mass is 9.80. The number of carbonyl (C=O) groups is 2. The van der Waals surface area contributed by atoms with Gasteiger partial charge < -0.3 is 15.2 Å². The smallest absolute Gasteiger partial charge is 0.355 e. The molecule has 33 heavy (non-hydrogen) atoms. The zero-order valence-corrected chi connectivity index (χ0v) is 21.6. The number of rotatable bonds is 4. The monoisotopic (exact) mass is 573 g/mol. The second-order valence-electron chi connectivity index (χ2n) is 7.27. The molecule has 1 aliphatic heterocycles. The number of nitriles is 1. The summed E-state index contributed by atoms with van der Waals surface area (Å²) in [6, 6.07) is 12.8. The highest BCUT2D eigenvalue weighted by Gasteiger charge is 2.43. The van der Waals surface area contributed by atoms with Crippen LogP contribution in [0.4, 0.5) is 5.69 Å². The number of nitrogens with two attached hydrogens (primary N) is 1. The summed E-state index contributed by atoms with van der Waals surface area (Å²) in [5, 5.41) is 10.1. The van der Waals surface area contributed by atoms with Gasteiger partial charge in [0, 0.05) is 8.95 Å². The number of benzene rings is 2. The van der Waals surface area contributed by atoms with E-state index >= 15 is 0 Å². The van der Waals surface area contributed by atoms with Crippen LogP contribution in [0.1, 0.15) is 22.6 Å². The van der Waals surface area contributed by atoms with Crippen molar-refractivity contribution in [2.45, 2.75) is 19.8 Å². The van der Waals surface area contributed by atoms with Gasteiger partial charge in [-0.05, 0) is 52.5 Å². The van der Waals surface area contributed by atoms with Gasteiger partial charge in [0.1, 0.15) is 11.5 Å². The molecule has 170 valence electrons. The van der Waals surface area contributed by atoms with Crippen LogP contribution < -0.4 is 10.6 Å². The van der Waals surface area contributed by atoms with E-state index in [1.54, 1.807) is 24.3 Å². The largest absolute Gasteiger partial charge is 0.466 e. The van der Waals surface area contributed by atoms with Crippen molar-refractivity contribution in [2.24, 2.45) is 5.73 Å². The number of halogens is 2. The Balaban J connectivity index is 2.50. The van der Waals surface area contributed by atoms with Gasteiger partial charge in [-0.3, -0.25) is 4.90 Å². The maximum atomic E-state index is 13.2. The van der Waals surface area contributed by atoms with Gasteiger partial charge in [0.15, 0.2) is 0 Å². The quantitative estimate of drug-likeness (QED) is 0.526. The molecule has 2 aromatic rings. The first-order valence-electron chi connectivity index (χ1n) is 9.80. The SMILES string of the molecule is COC(=O)C1=C(C(=O)OC)N(c2c(Br)cc(Br)c(C)c2C)C(N)=C(C#N)C1c1ccccc1. The van der Waals surface area contributed by atoms with E-state index in [4.69, 9.17) is 15.2 Å². The number of anilines is 1. The Morgan fingerprint density at radius 2 is 1.64 bits per heavy atom. The third-order valence-corrected chi connectivity index (χ3v) is 7.02. The summed E-state index contributed by atoms with van der Waals surface area (Å²) < 4.78 is 11.6. The van der Waals surface area contributed by atoms with Crippen LogP contribution in [0.5, 0.6) is 0 Å². The molecule has 2 N–H and O–H groups in total. The zero-order valence-electron chi connectivity index (χ0n) is 18.4. The van der Waals surface area contributed by atoms with Crippen LogP contribution in [0, 0.1) is 25.2 Å². The van der Waals surface area contributed by atoms with Gasteiger partial charge in [-0.2, -0.15) is 5.26 Å². The molecule has 2 aromatic carbocycles. The fourth-order valence-corrected chi connectivity index (χ4v) is 5.38. The number of allylic oxidation sites excluding steroid dienone is 1. The molecule has 1 unspecified atom stereocenters. The second-order valence-corrected chi connectivity index (χ2v) is 8.98. The number of ether oxygens (including phenoxy) is 2. The average molecular weight is 575 g/mol. The summed E-state index contributed by atoms with van der Waals surface area (Å²) >= 11 is 7.06. The fraction of sp³-hybridized carbons (Fsp3) is 0.208. The van der Waals surface area contributed by atoms with Crippen molar-refractivity contribution >= 4 is 49.5 Å². The highest BCUT2D eigenvalue weighted by Crippen LogP contribution is 2.46. The Morgan fingerprint density at radius 1 is 1.03 bits per heavy atom. The molecule has 9 heteroatoms. The van der Waals surface area contributed by atoms with E-state index in [0.29, 0.717) is 15.7 Å².